The molecule has 198 valence electrons. The van der Waals surface area contributed by atoms with Crippen LogP contribution in [-0.4, -0.2) is 59.3 Å². The smallest absolute Gasteiger partial charge is 0.335 e. The minimum absolute atomic E-state index is 0.133. The zero-order valence-electron chi connectivity index (χ0n) is 21.3. The lowest BCUT2D eigenvalue weighted by Crippen LogP contribution is -2.35. The summed E-state index contributed by atoms with van der Waals surface area (Å²) in [5, 5.41) is 10.2. The van der Waals surface area contributed by atoms with Crippen molar-refractivity contribution in [1.29, 1.82) is 0 Å². The number of hydrogen-bond donors (Lipinski definition) is 1. The average molecular weight is 543 g/mol. The molecule has 9 nitrogen and oxygen atoms in total. The minimum Gasteiger partial charge on any atom is -0.478 e. The number of nitrogens with zero attached hydrogens (tertiary/aromatic N) is 6. The predicted molar refractivity (Wildman–Crippen MR) is 147 cm³/mol. The summed E-state index contributed by atoms with van der Waals surface area (Å²) in [5.41, 5.74) is 6.17. The number of benzene rings is 2. The van der Waals surface area contributed by atoms with Crippen LogP contribution < -0.4 is 0 Å². The second-order valence-electron chi connectivity index (χ2n) is 10.2. The molecule has 1 saturated heterocycles. The number of carboxylic acids is 1. The molecule has 2 aliphatic heterocycles. The number of hydrogen-bond acceptors (Lipinski definition) is 6. The van der Waals surface area contributed by atoms with Crippen molar-refractivity contribution in [3.05, 3.63) is 88.2 Å². The summed E-state index contributed by atoms with van der Waals surface area (Å²) < 4.78 is 10.2. The van der Waals surface area contributed by atoms with E-state index >= 15 is 0 Å². The largest absolute Gasteiger partial charge is 0.478 e. The molecule has 1 atom stereocenters. The maximum atomic E-state index is 11.6. The highest BCUT2D eigenvalue weighted by Gasteiger charge is 2.26. The second kappa shape index (κ2) is 9.75. The molecule has 10 heteroatoms. The molecular formula is C29H27ClN6O3. The molecule has 7 rings (SSSR count). The standard InChI is InChI=1S/C29H27ClN6O3/c30-20-5-6-21(31-14-20)12-18-2-1-3-24-28(18)33-27-17-34(9-10-35(24)27)16-26-32-23-7-4-19(29(37)38)13-25(23)36(26)15-22-8-11-39-22/h1-7,13-14,22H,8-12,15-17H2,(H,37,38)/t22-/m0/s1. The van der Waals surface area contributed by atoms with Crippen molar-refractivity contribution in [2.75, 3.05) is 13.2 Å². The van der Waals surface area contributed by atoms with Gasteiger partial charge < -0.3 is 19.0 Å². The van der Waals surface area contributed by atoms with Gasteiger partial charge in [0.05, 0.1) is 58.4 Å². The van der Waals surface area contributed by atoms with Crippen molar-refractivity contribution < 1.29 is 14.6 Å². The van der Waals surface area contributed by atoms with Crippen LogP contribution in [0.4, 0.5) is 0 Å². The molecule has 39 heavy (non-hydrogen) atoms. The lowest BCUT2D eigenvalue weighted by Gasteiger charge is -2.30. The van der Waals surface area contributed by atoms with Crippen LogP contribution in [-0.2, 0) is 37.3 Å². The quantitative estimate of drug-likeness (QED) is 0.323. The Balaban J connectivity index is 1.17. The van der Waals surface area contributed by atoms with Crippen LogP contribution in [0.5, 0.6) is 0 Å². The van der Waals surface area contributed by atoms with Crippen molar-refractivity contribution >= 4 is 39.6 Å². The lowest BCUT2D eigenvalue weighted by molar-refractivity contribution is -0.0592. The molecule has 2 aliphatic rings. The molecule has 1 fully saturated rings. The third kappa shape index (κ3) is 4.56. The number of imidazole rings is 2. The fourth-order valence-corrected chi connectivity index (χ4v) is 5.70. The molecule has 5 heterocycles. The number of fused-ring (bicyclic) bond motifs is 4. The van der Waals surface area contributed by atoms with Crippen molar-refractivity contribution in [2.24, 2.45) is 0 Å². The highest BCUT2D eigenvalue weighted by molar-refractivity contribution is 6.30. The van der Waals surface area contributed by atoms with Crippen molar-refractivity contribution in [3.63, 3.8) is 0 Å². The van der Waals surface area contributed by atoms with E-state index in [-0.39, 0.29) is 11.7 Å². The number of ether oxygens (including phenoxy) is 1. The van der Waals surface area contributed by atoms with Crippen LogP contribution in [0.15, 0.2) is 54.7 Å². The minimum atomic E-state index is -0.938. The Kier molecular flexibility index (Phi) is 6.07. The van der Waals surface area contributed by atoms with Gasteiger partial charge in [0.15, 0.2) is 0 Å². The van der Waals surface area contributed by atoms with E-state index in [0.717, 1.165) is 71.1 Å². The summed E-state index contributed by atoms with van der Waals surface area (Å²) in [4.78, 5) is 28.4. The number of pyridine rings is 1. The first-order chi connectivity index (χ1) is 19.0. The fraction of sp³-hybridized carbons (Fsp3) is 0.310. The van der Waals surface area contributed by atoms with E-state index < -0.39 is 5.97 Å². The van der Waals surface area contributed by atoms with Gasteiger partial charge in [0.25, 0.3) is 0 Å². The van der Waals surface area contributed by atoms with Gasteiger partial charge in [0, 0.05) is 38.0 Å². The molecule has 0 aliphatic carbocycles. The van der Waals surface area contributed by atoms with E-state index in [2.05, 4.69) is 37.2 Å². The first kappa shape index (κ1) is 24.3. The zero-order chi connectivity index (χ0) is 26.5. The van der Waals surface area contributed by atoms with Gasteiger partial charge in [-0.1, -0.05) is 23.7 Å². The van der Waals surface area contributed by atoms with Crippen molar-refractivity contribution in [1.82, 2.24) is 29.0 Å². The number of carbonyl (C=O) groups is 1. The Bertz CT molecular complexity index is 1710. The van der Waals surface area contributed by atoms with Gasteiger partial charge in [0.2, 0.25) is 0 Å². The topological polar surface area (TPSA) is 98.3 Å². The maximum absolute atomic E-state index is 11.6. The number of rotatable bonds is 7. The SMILES string of the molecule is O=C(O)c1ccc2nc(CN3CCn4c(nc5c(Cc6ccc(Cl)cn6)cccc54)C3)n(C[C@@H]3CCO3)c2c1. The van der Waals surface area contributed by atoms with Crippen LogP contribution in [0.3, 0.4) is 0 Å². The Hall–Kier alpha value is -3.79. The van der Waals surface area contributed by atoms with Gasteiger partial charge in [-0.05, 0) is 48.4 Å². The van der Waals surface area contributed by atoms with E-state index in [1.165, 1.54) is 0 Å². The van der Waals surface area contributed by atoms with E-state index in [9.17, 15) is 9.90 Å². The first-order valence-corrected chi connectivity index (χ1v) is 13.5. The molecular weight excluding hydrogens is 516 g/mol. The summed E-state index contributed by atoms with van der Waals surface area (Å²) in [6.45, 7) is 4.49. The Morgan fingerprint density at radius 1 is 1.10 bits per heavy atom. The number of halogens is 1. The summed E-state index contributed by atoms with van der Waals surface area (Å²) in [6.07, 6.45) is 3.51. The van der Waals surface area contributed by atoms with Gasteiger partial charge in [0.1, 0.15) is 11.6 Å². The average Bonchev–Trinajstić information content (AvgIpc) is 3.45. The monoisotopic (exact) mass is 542 g/mol. The van der Waals surface area contributed by atoms with E-state index in [0.29, 0.717) is 31.1 Å². The van der Waals surface area contributed by atoms with E-state index in [4.69, 9.17) is 26.3 Å². The van der Waals surface area contributed by atoms with Crippen LogP contribution in [0, 0.1) is 0 Å². The zero-order valence-corrected chi connectivity index (χ0v) is 22.0. The molecule has 2 aromatic carbocycles. The number of carboxylic acid groups (broad SMARTS) is 1. The molecule has 0 saturated carbocycles. The summed E-state index contributed by atoms with van der Waals surface area (Å²) in [5.74, 6) is 1.01. The predicted octanol–water partition coefficient (Wildman–Crippen LogP) is 4.53. The molecule has 0 unspecified atom stereocenters. The van der Waals surface area contributed by atoms with Crippen molar-refractivity contribution in [2.45, 2.75) is 45.1 Å². The second-order valence-corrected chi connectivity index (χ2v) is 10.7. The van der Waals surface area contributed by atoms with Crippen molar-refractivity contribution in [3.8, 4) is 0 Å². The Morgan fingerprint density at radius 2 is 2.00 bits per heavy atom. The van der Waals surface area contributed by atoms with Gasteiger partial charge in [-0.2, -0.15) is 0 Å². The Morgan fingerprint density at radius 3 is 2.77 bits per heavy atom. The van der Waals surface area contributed by atoms with Crippen LogP contribution in [0.1, 0.15) is 39.7 Å². The highest BCUT2D eigenvalue weighted by atomic mass is 35.5. The Labute approximate surface area is 229 Å². The molecule has 5 aromatic rings. The summed E-state index contributed by atoms with van der Waals surface area (Å²) in [7, 11) is 0. The van der Waals surface area contributed by atoms with E-state index in [1.807, 2.05) is 12.1 Å². The van der Waals surface area contributed by atoms with Crippen LogP contribution >= 0.6 is 11.6 Å². The fourth-order valence-electron chi connectivity index (χ4n) is 5.59. The van der Waals surface area contributed by atoms with Gasteiger partial charge in [-0.25, -0.2) is 14.8 Å². The third-order valence-electron chi connectivity index (χ3n) is 7.73. The van der Waals surface area contributed by atoms with Gasteiger partial charge in [-0.3, -0.25) is 9.88 Å². The highest BCUT2D eigenvalue weighted by Crippen LogP contribution is 2.28. The lowest BCUT2D eigenvalue weighted by atomic mass is 10.1. The number of para-hydroxylation sites is 1. The van der Waals surface area contributed by atoms with Gasteiger partial charge >= 0.3 is 5.97 Å². The van der Waals surface area contributed by atoms with Gasteiger partial charge in [-0.15, -0.1) is 0 Å². The molecule has 0 spiro atoms. The maximum Gasteiger partial charge on any atom is 0.335 e. The first-order valence-electron chi connectivity index (χ1n) is 13.2. The molecule has 0 amide bonds. The number of aromatic carboxylic acids is 1. The van der Waals surface area contributed by atoms with Crippen LogP contribution in [0.2, 0.25) is 5.02 Å². The molecule has 3 aromatic heterocycles. The van der Waals surface area contributed by atoms with Crippen LogP contribution in [0.25, 0.3) is 22.1 Å². The molecule has 0 radical (unpaired) electrons. The molecule has 0 bridgehead atoms. The number of aromatic nitrogens is 5. The normalized spacial score (nSPS) is 17.4. The summed E-state index contributed by atoms with van der Waals surface area (Å²) >= 11 is 6.02. The molecule has 1 N–H and O–H groups in total. The summed E-state index contributed by atoms with van der Waals surface area (Å²) in [6, 6.07) is 15.3. The van der Waals surface area contributed by atoms with E-state index in [1.54, 1.807) is 24.4 Å². The third-order valence-corrected chi connectivity index (χ3v) is 7.95.